The van der Waals surface area contributed by atoms with Gasteiger partial charge in [-0.25, -0.2) is 4.85 Å². The molecule has 0 fully saturated rings. The summed E-state index contributed by atoms with van der Waals surface area (Å²) in [7, 11) is 0. The van der Waals surface area contributed by atoms with Crippen LogP contribution in [0.3, 0.4) is 0 Å². The van der Waals surface area contributed by atoms with Crippen molar-refractivity contribution in [1.82, 2.24) is 0 Å². The first-order chi connectivity index (χ1) is 3.77. The van der Waals surface area contributed by atoms with E-state index in [1.54, 1.807) is 0 Å². The monoisotopic (exact) mass is 111 g/mol. The van der Waals surface area contributed by atoms with Gasteiger partial charge in [0.15, 0.2) is 6.20 Å². The molecule has 0 bridgehead atoms. The van der Waals surface area contributed by atoms with Crippen LogP contribution < -0.4 is 0 Å². The molecule has 0 aromatic heterocycles. The van der Waals surface area contributed by atoms with E-state index in [2.05, 4.69) is 9.58 Å². The molecule has 0 aliphatic heterocycles. The molecule has 0 saturated heterocycles. The van der Waals surface area contributed by atoms with E-state index in [0.717, 1.165) is 12.5 Å². The maximum atomic E-state index is 9.94. The summed E-state index contributed by atoms with van der Waals surface area (Å²) in [6.45, 7) is 7.47. The highest BCUT2D eigenvalue weighted by Gasteiger charge is 1.81. The Morgan fingerprint density at radius 1 is 1.88 bits per heavy atom. The quantitative estimate of drug-likeness (QED) is 0.286. The lowest BCUT2D eigenvalue weighted by Gasteiger charge is -1.85. The van der Waals surface area contributed by atoms with E-state index in [4.69, 9.17) is 6.57 Å². The van der Waals surface area contributed by atoms with E-state index in [-0.39, 0.29) is 0 Å². The van der Waals surface area contributed by atoms with Gasteiger partial charge >= 0.3 is 5.97 Å². The highest BCUT2D eigenvalue weighted by molar-refractivity contribution is 5.66. The van der Waals surface area contributed by atoms with Crippen LogP contribution in [-0.2, 0) is 9.53 Å². The predicted molar refractivity (Wildman–Crippen MR) is 27.5 cm³/mol. The van der Waals surface area contributed by atoms with Gasteiger partial charge in [-0.3, -0.25) is 4.79 Å². The topological polar surface area (TPSA) is 30.7 Å². The largest absolute Gasteiger partial charge is 0.447 e. The van der Waals surface area contributed by atoms with E-state index in [1.807, 2.05) is 0 Å². The third-order valence-electron chi connectivity index (χ3n) is 0.369. The third kappa shape index (κ3) is 4.70. The average molecular weight is 111 g/mol. The molecular weight excluding hydrogens is 106 g/mol. The van der Waals surface area contributed by atoms with E-state index >= 15 is 0 Å². The van der Waals surface area contributed by atoms with E-state index in [0.29, 0.717) is 0 Å². The van der Waals surface area contributed by atoms with Crippen molar-refractivity contribution in [3.63, 3.8) is 0 Å². The van der Waals surface area contributed by atoms with Crippen LogP contribution in [0.4, 0.5) is 0 Å². The number of rotatable bonds is 1. The molecule has 3 heteroatoms. The van der Waals surface area contributed by atoms with Crippen molar-refractivity contribution < 1.29 is 9.53 Å². The Bertz CT molecular complexity index is 143. The van der Waals surface area contributed by atoms with Crippen molar-refractivity contribution in [2.24, 2.45) is 0 Å². The van der Waals surface area contributed by atoms with Crippen molar-refractivity contribution in [2.75, 3.05) is 0 Å². The Hall–Kier alpha value is -1.30. The summed E-state index contributed by atoms with van der Waals surface area (Å²) in [5.41, 5.74) is 0. The maximum absolute atomic E-state index is 9.94. The Kier molecular flexibility index (Phi) is 3.25. The number of hydrogen-bond donors (Lipinski definition) is 0. The molecular formula is C5H5NO2. The standard InChI is InChI=1S/C5H5NO2/c1-5(7)8-4-3-6-2/h3-4H,1H3/b4-3-. The summed E-state index contributed by atoms with van der Waals surface area (Å²) in [5.74, 6) is -0.412. The number of carbonyl (C=O) groups excluding carboxylic acids is 1. The first-order valence-corrected chi connectivity index (χ1v) is 1.96. The number of ether oxygens (including phenoxy) is 1. The van der Waals surface area contributed by atoms with Crippen LogP contribution in [0.15, 0.2) is 12.5 Å². The van der Waals surface area contributed by atoms with E-state index in [9.17, 15) is 4.79 Å². The first-order valence-electron chi connectivity index (χ1n) is 1.96. The van der Waals surface area contributed by atoms with E-state index in [1.165, 1.54) is 6.92 Å². The van der Waals surface area contributed by atoms with Gasteiger partial charge < -0.3 is 4.74 Å². The maximum Gasteiger partial charge on any atom is 0.306 e. The summed E-state index contributed by atoms with van der Waals surface area (Å²) < 4.78 is 4.25. The van der Waals surface area contributed by atoms with Crippen LogP contribution in [0, 0.1) is 6.57 Å². The lowest BCUT2D eigenvalue weighted by Crippen LogP contribution is -1.88. The zero-order valence-electron chi connectivity index (χ0n) is 4.42. The number of esters is 1. The molecule has 0 spiro atoms. The van der Waals surface area contributed by atoms with Crippen LogP contribution in [0.5, 0.6) is 0 Å². The van der Waals surface area contributed by atoms with Crippen molar-refractivity contribution in [2.45, 2.75) is 6.92 Å². The van der Waals surface area contributed by atoms with Gasteiger partial charge in [0, 0.05) is 6.92 Å². The van der Waals surface area contributed by atoms with Crippen molar-refractivity contribution in [1.29, 1.82) is 0 Å². The summed E-state index contributed by atoms with van der Waals surface area (Å²) in [4.78, 5) is 12.7. The fourth-order valence-corrected chi connectivity index (χ4v) is 0.157. The van der Waals surface area contributed by atoms with Gasteiger partial charge in [-0.1, -0.05) is 0 Å². The Labute approximate surface area is 47.4 Å². The Morgan fingerprint density at radius 3 is 2.88 bits per heavy atom. The Morgan fingerprint density at radius 2 is 2.50 bits per heavy atom. The zero-order valence-corrected chi connectivity index (χ0v) is 4.42. The smallest absolute Gasteiger partial charge is 0.306 e. The predicted octanol–water partition coefficient (Wildman–Crippen LogP) is 0.940. The lowest BCUT2D eigenvalue weighted by atomic mass is 10.8. The lowest BCUT2D eigenvalue weighted by molar-refractivity contribution is -0.135. The minimum atomic E-state index is -0.412. The van der Waals surface area contributed by atoms with Crippen LogP contribution in [0.25, 0.3) is 4.85 Å². The minimum absolute atomic E-state index is 0.412. The second-order valence-corrected chi connectivity index (χ2v) is 1.02. The van der Waals surface area contributed by atoms with Gasteiger partial charge in [-0.15, -0.1) is 0 Å². The summed E-state index contributed by atoms with van der Waals surface area (Å²) in [6, 6.07) is 0. The normalized spacial score (nSPS) is 8.50. The molecule has 0 N–H and O–H groups in total. The highest BCUT2D eigenvalue weighted by atomic mass is 16.5. The summed E-state index contributed by atoms with van der Waals surface area (Å²) >= 11 is 0. The van der Waals surface area contributed by atoms with Gasteiger partial charge in [0.1, 0.15) is 0 Å². The SMILES string of the molecule is [C-]#[N+]/C=C\OC(C)=O. The highest BCUT2D eigenvalue weighted by Crippen LogP contribution is 1.77. The molecule has 0 unspecified atom stereocenters. The summed E-state index contributed by atoms with van der Waals surface area (Å²) in [6.07, 6.45) is 2.12. The molecule has 0 saturated carbocycles. The van der Waals surface area contributed by atoms with Crippen LogP contribution in [0.2, 0.25) is 0 Å². The minimum Gasteiger partial charge on any atom is -0.447 e. The molecule has 0 rings (SSSR count). The van der Waals surface area contributed by atoms with Crippen molar-refractivity contribution in [3.8, 4) is 0 Å². The van der Waals surface area contributed by atoms with Crippen molar-refractivity contribution in [3.05, 3.63) is 23.9 Å². The van der Waals surface area contributed by atoms with Gasteiger partial charge in [0.25, 0.3) is 0 Å². The molecule has 0 aromatic carbocycles. The second-order valence-electron chi connectivity index (χ2n) is 1.02. The van der Waals surface area contributed by atoms with Gasteiger partial charge in [0.05, 0.1) is 12.8 Å². The molecule has 0 aliphatic carbocycles. The molecule has 0 heterocycles. The van der Waals surface area contributed by atoms with Gasteiger partial charge in [-0.05, 0) is 0 Å². The van der Waals surface area contributed by atoms with Gasteiger partial charge in [-0.2, -0.15) is 0 Å². The molecule has 42 valence electrons. The zero-order chi connectivity index (χ0) is 6.41. The third-order valence-corrected chi connectivity index (χ3v) is 0.369. The fraction of sp³-hybridized carbons (Fsp3) is 0.200. The number of hydrogen-bond acceptors (Lipinski definition) is 2. The summed E-state index contributed by atoms with van der Waals surface area (Å²) in [5, 5.41) is 0. The van der Waals surface area contributed by atoms with Crippen LogP contribution in [-0.4, -0.2) is 5.97 Å². The van der Waals surface area contributed by atoms with Crippen LogP contribution in [0.1, 0.15) is 6.92 Å². The average Bonchev–Trinajstić information content (AvgIpc) is 1.66. The first kappa shape index (κ1) is 6.70. The second kappa shape index (κ2) is 3.88. The molecule has 0 amide bonds. The van der Waals surface area contributed by atoms with Crippen molar-refractivity contribution >= 4 is 5.97 Å². The molecule has 0 atom stereocenters. The number of nitrogens with zero attached hydrogens (tertiary/aromatic N) is 1. The molecule has 3 nitrogen and oxygen atoms in total. The molecule has 0 aliphatic rings. The number of carbonyl (C=O) groups is 1. The molecule has 0 aromatic rings. The molecule has 0 radical (unpaired) electrons. The Balaban J connectivity index is 3.34. The van der Waals surface area contributed by atoms with E-state index < -0.39 is 5.97 Å². The van der Waals surface area contributed by atoms with Crippen LogP contribution >= 0.6 is 0 Å². The molecule has 8 heavy (non-hydrogen) atoms. The fourth-order valence-electron chi connectivity index (χ4n) is 0.157. The van der Waals surface area contributed by atoms with Gasteiger partial charge in [0.2, 0.25) is 0 Å².